The first-order valence-corrected chi connectivity index (χ1v) is 32.8. The Morgan fingerprint density at radius 1 is 0.539 bits per heavy atom. The van der Waals surface area contributed by atoms with Crippen molar-refractivity contribution in [1.82, 2.24) is 9.97 Å². The van der Waals surface area contributed by atoms with Crippen molar-refractivity contribution in [2.24, 2.45) is 33.0 Å². The molecular weight excluding hydrogens is 1260 g/mol. The van der Waals surface area contributed by atoms with Crippen molar-refractivity contribution < 1.29 is 35.5 Å². The van der Waals surface area contributed by atoms with Crippen LogP contribution in [0, 0.1) is 52.0 Å². The van der Waals surface area contributed by atoms with Crippen LogP contribution in [-0.4, -0.2) is 20.9 Å². The van der Waals surface area contributed by atoms with Gasteiger partial charge in [0, 0.05) is 61.2 Å². The summed E-state index contributed by atoms with van der Waals surface area (Å²) in [5.41, 5.74) is 15.5. The number of hydrogen-bond acceptors (Lipinski definition) is 4. The van der Waals surface area contributed by atoms with Gasteiger partial charge in [-0.25, -0.2) is 0 Å². The number of ketones is 1. The molecule has 8 aromatic carbocycles. The van der Waals surface area contributed by atoms with Gasteiger partial charge in [-0.05, 0) is 177 Å². The summed E-state index contributed by atoms with van der Waals surface area (Å²) in [6, 6.07) is 40.7. The number of carbonyl (C=O) groups excluding carboxylic acids is 1. The van der Waals surface area contributed by atoms with E-state index in [1.54, 1.807) is 0 Å². The van der Waals surface area contributed by atoms with Crippen LogP contribution < -0.4 is 0 Å². The molecule has 2 aliphatic rings. The van der Waals surface area contributed by atoms with E-state index in [0.29, 0.717) is 0 Å². The number of aryl methyl sites for hydroxylation is 1. The van der Waals surface area contributed by atoms with Gasteiger partial charge in [-0.2, -0.15) is 0 Å². The SMILES string of the molecule is CCC(CC)C(=O)/C=C(\O)C(CC)(CC)CC.[2H]c1nc2c3c(cc4c(CC(C)(C)C)cccc4c3c1[2H])Cc1c-2[c-]c2cc(C)ccc2c1CC(C)(C)C.[2H]c1nc2c3c(cc4c(CC(C)(C)C)cccc4c3c1[2H])Cc1c-2[c-]c2ccccc2c1CC(C)(C)C.[Ir]. The standard InChI is InChI=1S/C35H36N.C34H34N.C15H28O2.Ir/c1-21-11-12-25-23(15-21)16-30-29(31(25)20-35(5,6)7)18-24-17-28-22(19-34(2,3)4)9-8-10-26(28)27-13-14-36-33(30)32(24)27;1-33(2,3)19-22-11-9-13-25-26-14-15-35-32-29-16-21-10-7-8-12-24(21)30(20-34(4,5)6)28(29)18-23(31(26)32)17-27(22)25;1-6-12(7-2)13(16)11-14(17)15(8-3,9-4)10-5;/h8-15,17H,18-20H2,1-7H3;7-15,17H,18-20H2,1-6H3;11-12,17H,6-10H2,1-5H3;/q2*-1;;/b;;14-11-;/i13D,14D;14D,15D;;. The Balaban J connectivity index is 0.000000176. The van der Waals surface area contributed by atoms with Crippen molar-refractivity contribution in [3.05, 3.63) is 189 Å². The zero-order valence-corrected chi connectivity index (χ0v) is 59.1. The maximum absolute atomic E-state index is 12.0. The molecule has 0 amide bonds. The van der Waals surface area contributed by atoms with Crippen LogP contribution in [0.2, 0.25) is 0 Å². The summed E-state index contributed by atoms with van der Waals surface area (Å²) < 4.78 is 35.3. The van der Waals surface area contributed by atoms with Gasteiger partial charge in [0.15, 0.2) is 5.78 Å². The molecule has 0 saturated heterocycles. The molecular formula is C84H98IrN2O2-2. The number of aliphatic hydroxyl groups excluding tert-OH is 1. The van der Waals surface area contributed by atoms with E-state index >= 15 is 0 Å². The Morgan fingerprint density at radius 2 is 0.966 bits per heavy atom. The molecule has 1 radical (unpaired) electrons. The van der Waals surface area contributed by atoms with Gasteiger partial charge in [-0.1, -0.05) is 224 Å². The molecule has 467 valence electrons. The summed E-state index contributed by atoms with van der Waals surface area (Å²) in [6.07, 6.45) is 11.3. The molecule has 1 N–H and O–H groups in total. The predicted octanol–water partition coefficient (Wildman–Crippen LogP) is 23.1. The van der Waals surface area contributed by atoms with Gasteiger partial charge in [-0.15, -0.1) is 57.3 Å². The first-order chi connectivity index (χ1) is 43.2. The van der Waals surface area contributed by atoms with Crippen molar-refractivity contribution in [2.45, 2.75) is 195 Å². The van der Waals surface area contributed by atoms with E-state index in [0.717, 1.165) is 136 Å². The molecule has 4 nitrogen and oxygen atoms in total. The molecule has 0 saturated carbocycles. The van der Waals surface area contributed by atoms with Crippen molar-refractivity contribution in [3.8, 4) is 22.5 Å². The van der Waals surface area contributed by atoms with Gasteiger partial charge in [0.2, 0.25) is 0 Å². The predicted molar refractivity (Wildman–Crippen MR) is 378 cm³/mol. The summed E-state index contributed by atoms with van der Waals surface area (Å²) in [4.78, 5) is 21.5. The number of fused-ring (bicyclic) bond motifs is 10. The van der Waals surface area contributed by atoms with E-state index < -0.39 is 0 Å². The average molecular weight is 1360 g/mol. The zero-order chi connectivity index (χ0) is 66.9. The van der Waals surface area contributed by atoms with E-state index in [1.807, 2.05) is 13.8 Å². The molecule has 89 heavy (non-hydrogen) atoms. The zero-order valence-electron chi connectivity index (χ0n) is 60.7. The van der Waals surface area contributed by atoms with Crippen molar-refractivity contribution in [3.63, 3.8) is 0 Å². The fourth-order valence-corrected chi connectivity index (χ4v) is 14.3. The molecule has 0 fully saturated rings. The number of hydrogen-bond donors (Lipinski definition) is 1. The van der Waals surface area contributed by atoms with E-state index in [9.17, 15) is 9.90 Å². The molecule has 2 heterocycles. The number of rotatable bonds is 12. The normalized spacial score (nSPS) is 13.9. The second-order valence-corrected chi connectivity index (χ2v) is 30.6. The van der Waals surface area contributed by atoms with Crippen LogP contribution in [0.1, 0.15) is 205 Å². The molecule has 5 heteroatoms. The molecule has 12 rings (SSSR count). The fourth-order valence-electron chi connectivity index (χ4n) is 14.3. The van der Waals surface area contributed by atoms with Gasteiger partial charge in [0.1, 0.15) is 5.76 Å². The molecule has 0 aliphatic heterocycles. The molecule has 0 atom stereocenters. The van der Waals surface area contributed by atoms with E-state index in [1.165, 1.54) is 77.7 Å². The summed E-state index contributed by atoms with van der Waals surface area (Å²) in [5, 5.41) is 23.2. The minimum Gasteiger partial charge on any atom is -0.512 e. The second kappa shape index (κ2) is 26.0. The third-order valence-electron chi connectivity index (χ3n) is 18.8. The van der Waals surface area contributed by atoms with Gasteiger partial charge in [0.05, 0.1) is 5.48 Å². The van der Waals surface area contributed by atoms with Crippen LogP contribution >= 0.6 is 0 Å². The van der Waals surface area contributed by atoms with Gasteiger partial charge in [-0.3, -0.25) is 14.8 Å². The molecule has 0 bridgehead atoms. The van der Waals surface area contributed by atoms with Crippen LogP contribution in [0.25, 0.3) is 87.1 Å². The first kappa shape index (κ1) is 61.3. The quantitative estimate of drug-likeness (QED) is 0.0573. The van der Waals surface area contributed by atoms with E-state index in [4.69, 9.17) is 15.5 Å². The topological polar surface area (TPSA) is 63.1 Å². The van der Waals surface area contributed by atoms with Crippen LogP contribution in [-0.2, 0) is 63.4 Å². The summed E-state index contributed by atoms with van der Waals surface area (Å²) in [5.74, 6) is 0.412. The van der Waals surface area contributed by atoms with Crippen LogP contribution in [0.3, 0.4) is 0 Å². The van der Waals surface area contributed by atoms with Gasteiger partial charge in [0.25, 0.3) is 0 Å². The smallest absolute Gasteiger partial charge is 0.162 e. The Morgan fingerprint density at radius 3 is 1.40 bits per heavy atom. The number of benzene rings is 8. The van der Waals surface area contributed by atoms with Crippen molar-refractivity contribution in [2.75, 3.05) is 0 Å². The number of pyridine rings is 2. The monoisotopic (exact) mass is 1360 g/mol. The number of aliphatic hydroxyl groups is 1. The number of carbonyl (C=O) groups is 1. The number of aromatic nitrogens is 2. The number of allylic oxidation sites excluding steroid dienone is 2. The third-order valence-corrected chi connectivity index (χ3v) is 18.8. The fraction of sp³-hybridized carbons (Fsp3) is 0.417. The Bertz CT molecular complexity index is 4570. The largest absolute Gasteiger partial charge is 0.512 e. The third kappa shape index (κ3) is 13.9. The summed E-state index contributed by atoms with van der Waals surface area (Å²) in [6.45, 7) is 39.8. The van der Waals surface area contributed by atoms with Crippen molar-refractivity contribution >= 4 is 70.4 Å². The van der Waals surface area contributed by atoms with Crippen molar-refractivity contribution in [1.29, 1.82) is 0 Å². The second-order valence-electron chi connectivity index (χ2n) is 30.6. The van der Waals surface area contributed by atoms with Crippen LogP contribution in [0.5, 0.6) is 0 Å². The number of nitrogens with zero attached hydrogens (tertiary/aromatic N) is 2. The van der Waals surface area contributed by atoms with E-state index in [-0.39, 0.29) is 89.1 Å². The van der Waals surface area contributed by atoms with Gasteiger partial charge >= 0.3 is 0 Å². The summed E-state index contributed by atoms with van der Waals surface area (Å²) in [7, 11) is 0. The van der Waals surface area contributed by atoms with Gasteiger partial charge < -0.3 is 5.11 Å². The minimum absolute atomic E-state index is 0. The molecule has 2 aliphatic carbocycles. The molecule has 0 unspecified atom stereocenters. The first-order valence-electron chi connectivity index (χ1n) is 34.8. The van der Waals surface area contributed by atoms with Crippen LogP contribution in [0.15, 0.2) is 127 Å². The molecule has 10 aromatic rings. The summed E-state index contributed by atoms with van der Waals surface area (Å²) >= 11 is 0. The maximum Gasteiger partial charge on any atom is 0.162 e. The Kier molecular flexibility index (Phi) is 17.9. The molecule has 0 spiro atoms. The van der Waals surface area contributed by atoms with E-state index in [2.05, 4.69) is 214 Å². The Labute approximate surface area is 552 Å². The minimum atomic E-state index is -0.207. The maximum atomic E-state index is 12.0. The average Bonchev–Trinajstić information content (AvgIpc) is 0.717. The Hall–Kier alpha value is -6.52. The molecule has 2 aromatic heterocycles. The van der Waals surface area contributed by atoms with Crippen LogP contribution in [0.4, 0.5) is 0 Å².